The van der Waals surface area contributed by atoms with Crippen LogP contribution >= 0.6 is 0 Å². The van der Waals surface area contributed by atoms with Crippen LogP contribution in [-0.2, 0) is 24.8 Å². The highest BCUT2D eigenvalue weighted by molar-refractivity contribution is 5.90. The van der Waals surface area contributed by atoms with Crippen molar-refractivity contribution in [1.82, 2.24) is 0 Å². The summed E-state index contributed by atoms with van der Waals surface area (Å²) in [6, 6.07) is 7.59. The SMILES string of the molecule is CC1=Nc2ccccc2C2(O1)OC1(CCCCC1)C1(CCCCC1)OC2=O. The summed E-state index contributed by atoms with van der Waals surface area (Å²) in [5.41, 5.74) is 0.416. The van der Waals surface area contributed by atoms with E-state index < -0.39 is 23.0 Å². The molecule has 2 heterocycles. The summed E-state index contributed by atoms with van der Waals surface area (Å²) in [6.45, 7) is 1.77. The Morgan fingerprint density at radius 1 is 0.852 bits per heavy atom. The summed E-state index contributed by atoms with van der Waals surface area (Å²) < 4.78 is 19.3. The zero-order valence-electron chi connectivity index (χ0n) is 16.0. The molecule has 0 N–H and O–H groups in total. The van der Waals surface area contributed by atoms with Gasteiger partial charge in [0.2, 0.25) is 0 Å². The third kappa shape index (κ3) is 2.40. The van der Waals surface area contributed by atoms with Gasteiger partial charge in [-0.25, -0.2) is 9.79 Å². The molecule has 1 aromatic rings. The van der Waals surface area contributed by atoms with Gasteiger partial charge in [0.15, 0.2) is 5.90 Å². The molecule has 144 valence electrons. The maximum Gasteiger partial charge on any atom is 0.385 e. The van der Waals surface area contributed by atoms with Gasteiger partial charge in [-0.3, -0.25) is 0 Å². The number of rotatable bonds is 0. The Bertz CT molecular complexity index is 789. The number of carbonyl (C=O) groups is 1. The number of benzene rings is 1. The van der Waals surface area contributed by atoms with Gasteiger partial charge in [0, 0.05) is 6.92 Å². The quantitative estimate of drug-likeness (QED) is 0.611. The maximum absolute atomic E-state index is 13.5. The summed E-state index contributed by atoms with van der Waals surface area (Å²) in [5, 5.41) is 0. The van der Waals surface area contributed by atoms with Gasteiger partial charge in [0.05, 0.1) is 11.3 Å². The van der Waals surface area contributed by atoms with Gasteiger partial charge in [-0.2, -0.15) is 0 Å². The second-order valence-electron chi connectivity index (χ2n) is 8.47. The number of hydrogen-bond donors (Lipinski definition) is 0. The van der Waals surface area contributed by atoms with Crippen molar-refractivity contribution >= 4 is 17.6 Å². The fourth-order valence-electron chi connectivity index (χ4n) is 5.64. The number of aliphatic imine (C=N–C) groups is 1. The molecule has 1 atom stereocenters. The molecule has 0 radical (unpaired) electrons. The number of carbonyl (C=O) groups excluding carboxylic acids is 1. The number of fused-ring (bicyclic) bond motifs is 3. The lowest BCUT2D eigenvalue weighted by atomic mass is 9.65. The molecule has 5 rings (SSSR count). The minimum Gasteiger partial charge on any atom is -0.451 e. The Morgan fingerprint density at radius 3 is 2.19 bits per heavy atom. The second kappa shape index (κ2) is 6.06. The summed E-state index contributed by atoms with van der Waals surface area (Å²) in [6.07, 6.45) is 10.4. The van der Waals surface area contributed by atoms with Crippen molar-refractivity contribution in [2.24, 2.45) is 4.99 Å². The molecule has 0 bridgehead atoms. The maximum atomic E-state index is 13.5. The summed E-state index contributed by atoms with van der Waals surface area (Å²) in [7, 11) is 0. The highest BCUT2D eigenvalue weighted by Crippen LogP contribution is 2.57. The van der Waals surface area contributed by atoms with Crippen molar-refractivity contribution in [1.29, 1.82) is 0 Å². The van der Waals surface area contributed by atoms with Crippen molar-refractivity contribution in [2.75, 3.05) is 0 Å². The predicted molar refractivity (Wildman–Crippen MR) is 101 cm³/mol. The van der Waals surface area contributed by atoms with E-state index in [0.717, 1.165) is 57.1 Å². The van der Waals surface area contributed by atoms with Crippen molar-refractivity contribution in [2.45, 2.75) is 88.1 Å². The zero-order chi connectivity index (χ0) is 18.5. The lowest BCUT2D eigenvalue weighted by Crippen LogP contribution is -2.70. The Morgan fingerprint density at radius 2 is 1.48 bits per heavy atom. The molecule has 3 spiro atoms. The smallest absolute Gasteiger partial charge is 0.385 e. The molecule has 3 fully saturated rings. The molecular formula is C22H27NO4. The number of ether oxygens (including phenoxy) is 3. The van der Waals surface area contributed by atoms with Crippen LogP contribution in [-0.4, -0.2) is 23.1 Å². The molecule has 0 aromatic heterocycles. The summed E-state index contributed by atoms with van der Waals surface area (Å²) in [5.74, 6) is -1.50. The minimum absolute atomic E-state index is 0.415. The summed E-state index contributed by atoms with van der Waals surface area (Å²) in [4.78, 5) is 17.9. The molecule has 2 aliphatic carbocycles. The Kier molecular flexibility index (Phi) is 3.87. The molecule has 4 aliphatic rings. The molecule has 1 aromatic carbocycles. The van der Waals surface area contributed by atoms with E-state index in [-0.39, 0.29) is 0 Å². The lowest BCUT2D eigenvalue weighted by Gasteiger charge is -2.59. The average molecular weight is 369 g/mol. The van der Waals surface area contributed by atoms with Crippen LogP contribution in [0.1, 0.15) is 76.7 Å². The first-order valence-corrected chi connectivity index (χ1v) is 10.4. The van der Waals surface area contributed by atoms with Crippen LogP contribution in [0.15, 0.2) is 29.3 Å². The fraction of sp³-hybridized carbons (Fsp3) is 0.636. The van der Waals surface area contributed by atoms with E-state index in [1.165, 1.54) is 12.8 Å². The van der Waals surface area contributed by atoms with Gasteiger partial charge in [-0.1, -0.05) is 37.8 Å². The largest absolute Gasteiger partial charge is 0.451 e. The van der Waals surface area contributed by atoms with Gasteiger partial charge in [-0.05, 0) is 50.7 Å². The highest BCUT2D eigenvalue weighted by Gasteiger charge is 2.68. The fourth-order valence-corrected chi connectivity index (χ4v) is 5.64. The molecule has 27 heavy (non-hydrogen) atoms. The van der Waals surface area contributed by atoms with Gasteiger partial charge in [-0.15, -0.1) is 0 Å². The van der Waals surface area contributed by atoms with E-state index >= 15 is 0 Å². The monoisotopic (exact) mass is 369 g/mol. The van der Waals surface area contributed by atoms with Crippen LogP contribution in [0, 0.1) is 0 Å². The number of nitrogens with zero attached hydrogens (tertiary/aromatic N) is 1. The molecule has 5 heteroatoms. The molecule has 2 aliphatic heterocycles. The van der Waals surface area contributed by atoms with E-state index in [4.69, 9.17) is 14.2 Å². The van der Waals surface area contributed by atoms with E-state index in [1.54, 1.807) is 6.92 Å². The standard InChI is InChI=1S/C22H27NO4/c1-16-23-18-11-5-4-10-17(18)22(25-16)19(24)26-20(12-6-2-7-13-20)21(27-22)14-8-3-9-15-21/h4-5,10-11H,2-3,6-9,12-15H2,1H3. The van der Waals surface area contributed by atoms with Crippen LogP contribution in [0.4, 0.5) is 5.69 Å². The van der Waals surface area contributed by atoms with Gasteiger partial charge in [0.25, 0.3) is 0 Å². The van der Waals surface area contributed by atoms with Crippen LogP contribution in [0.2, 0.25) is 0 Å². The number of esters is 1. The van der Waals surface area contributed by atoms with Crippen LogP contribution in [0.25, 0.3) is 0 Å². The van der Waals surface area contributed by atoms with Gasteiger partial charge in [0.1, 0.15) is 11.2 Å². The Hall–Kier alpha value is -1.88. The van der Waals surface area contributed by atoms with E-state index in [2.05, 4.69) is 4.99 Å². The predicted octanol–water partition coefficient (Wildman–Crippen LogP) is 4.90. The Labute approximate surface area is 160 Å². The molecular weight excluding hydrogens is 342 g/mol. The Balaban J connectivity index is 1.64. The molecule has 1 unspecified atom stereocenters. The zero-order valence-corrected chi connectivity index (χ0v) is 16.0. The topological polar surface area (TPSA) is 57.1 Å². The second-order valence-corrected chi connectivity index (χ2v) is 8.47. The molecule has 2 saturated carbocycles. The van der Waals surface area contributed by atoms with Crippen molar-refractivity contribution in [3.05, 3.63) is 29.8 Å². The first-order chi connectivity index (χ1) is 13.1. The van der Waals surface area contributed by atoms with E-state index in [0.29, 0.717) is 11.5 Å². The van der Waals surface area contributed by atoms with Crippen molar-refractivity contribution < 1.29 is 19.0 Å². The van der Waals surface area contributed by atoms with Crippen molar-refractivity contribution in [3.8, 4) is 0 Å². The molecule has 0 amide bonds. The third-order valence-electron chi connectivity index (χ3n) is 6.88. The van der Waals surface area contributed by atoms with Crippen LogP contribution < -0.4 is 0 Å². The third-order valence-corrected chi connectivity index (χ3v) is 6.88. The first kappa shape index (κ1) is 17.2. The first-order valence-electron chi connectivity index (χ1n) is 10.4. The normalized spacial score (nSPS) is 31.1. The van der Waals surface area contributed by atoms with Crippen molar-refractivity contribution in [3.63, 3.8) is 0 Å². The molecule has 1 saturated heterocycles. The minimum atomic E-state index is -1.53. The summed E-state index contributed by atoms with van der Waals surface area (Å²) >= 11 is 0. The average Bonchev–Trinajstić information content (AvgIpc) is 2.68. The van der Waals surface area contributed by atoms with Gasteiger partial charge >= 0.3 is 11.8 Å². The molecule has 5 nitrogen and oxygen atoms in total. The number of para-hydroxylation sites is 1. The van der Waals surface area contributed by atoms with Gasteiger partial charge < -0.3 is 14.2 Å². The van der Waals surface area contributed by atoms with Crippen LogP contribution in [0.5, 0.6) is 0 Å². The lowest BCUT2D eigenvalue weighted by molar-refractivity contribution is -0.360. The van der Waals surface area contributed by atoms with Crippen LogP contribution in [0.3, 0.4) is 0 Å². The highest BCUT2D eigenvalue weighted by atomic mass is 16.8. The number of hydrogen-bond acceptors (Lipinski definition) is 5. The van der Waals surface area contributed by atoms with E-state index in [1.807, 2.05) is 24.3 Å². The van der Waals surface area contributed by atoms with E-state index in [9.17, 15) is 4.79 Å².